The van der Waals surface area contributed by atoms with Gasteiger partial charge in [0.1, 0.15) is 5.57 Å². The Bertz CT molecular complexity index is 827. The number of thiocarbonyl (C=S) groups is 1. The fraction of sp³-hybridized carbons (Fsp3) is 0.211. The van der Waals surface area contributed by atoms with Crippen molar-refractivity contribution in [1.82, 2.24) is 14.4 Å². The Kier molecular flexibility index (Phi) is 4.81. The number of amides is 2. The highest BCUT2D eigenvalue weighted by Gasteiger charge is 2.37. The highest BCUT2D eigenvalue weighted by atomic mass is 32.1. The summed E-state index contributed by atoms with van der Waals surface area (Å²) in [5.41, 5.74) is 1.95. The number of carbonyl (C=O) groups excluding carboxylic acids is 2. The van der Waals surface area contributed by atoms with Crippen LogP contribution in [0.2, 0.25) is 0 Å². The second kappa shape index (κ2) is 7.03. The molecule has 6 heteroatoms. The van der Waals surface area contributed by atoms with Crippen LogP contribution in [-0.2, 0) is 9.59 Å². The normalized spacial score (nSPS) is 15.1. The molecule has 1 aromatic heterocycles. The van der Waals surface area contributed by atoms with Gasteiger partial charge in [-0.15, -0.1) is 0 Å². The summed E-state index contributed by atoms with van der Waals surface area (Å²) < 4.78 is 1.95. The molecule has 3 rings (SSSR count). The standard InChI is InChI=1S/C19H19N3O2S/c1-3-21-17(23)16(18(24)22(4-2)19(21)25)12-14-10-11-20(13-14)15-8-6-5-7-9-15/h5-13H,3-4H2,1-2H3. The molecular formula is C19H19N3O2S. The topological polar surface area (TPSA) is 45.6 Å². The summed E-state index contributed by atoms with van der Waals surface area (Å²) >= 11 is 5.27. The van der Waals surface area contributed by atoms with Crippen LogP contribution in [0, 0.1) is 0 Å². The van der Waals surface area contributed by atoms with Crippen LogP contribution in [0.1, 0.15) is 19.4 Å². The maximum absolute atomic E-state index is 12.6. The van der Waals surface area contributed by atoms with Gasteiger partial charge in [0, 0.05) is 31.2 Å². The van der Waals surface area contributed by atoms with Gasteiger partial charge < -0.3 is 4.57 Å². The molecule has 0 spiro atoms. The second-order valence-corrected chi connectivity index (χ2v) is 5.99. The van der Waals surface area contributed by atoms with Crippen molar-refractivity contribution in [1.29, 1.82) is 0 Å². The molecule has 2 amide bonds. The zero-order valence-corrected chi connectivity index (χ0v) is 15.0. The molecule has 25 heavy (non-hydrogen) atoms. The highest BCUT2D eigenvalue weighted by Crippen LogP contribution is 2.21. The van der Waals surface area contributed by atoms with Gasteiger partial charge in [0.15, 0.2) is 5.11 Å². The summed E-state index contributed by atoms with van der Waals surface area (Å²) in [6.07, 6.45) is 5.43. The molecule has 5 nitrogen and oxygen atoms in total. The molecule has 0 atom stereocenters. The van der Waals surface area contributed by atoms with E-state index >= 15 is 0 Å². The van der Waals surface area contributed by atoms with Gasteiger partial charge in [-0.25, -0.2) is 0 Å². The Morgan fingerprint density at radius 3 is 2.12 bits per heavy atom. The molecule has 0 unspecified atom stereocenters. The Hall–Kier alpha value is -2.73. The zero-order chi connectivity index (χ0) is 18.0. The van der Waals surface area contributed by atoms with Crippen molar-refractivity contribution in [3.63, 3.8) is 0 Å². The van der Waals surface area contributed by atoms with Crippen molar-refractivity contribution in [2.45, 2.75) is 13.8 Å². The van der Waals surface area contributed by atoms with Gasteiger partial charge >= 0.3 is 0 Å². The first-order valence-corrected chi connectivity index (χ1v) is 8.60. The minimum Gasteiger partial charge on any atom is -0.323 e. The summed E-state index contributed by atoms with van der Waals surface area (Å²) in [5, 5.41) is 0.277. The molecule has 128 valence electrons. The van der Waals surface area contributed by atoms with Crippen LogP contribution in [-0.4, -0.2) is 44.4 Å². The van der Waals surface area contributed by atoms with Crippen LogP contribution < -0.4 is 0 Å². The Labute approximate surface area is 152 Å². The number of aromatic nitrogens is 1. The van der Waals surface area contributed by atoms with Crippen molar-refractivity contribution in [3.8, 4) is 5.69 Å². The quantitative estimate of drug-likeness (QED) is 0.482. The van der Waals surface area contributed by atoms with Crippen molar-refractivity contribution in [2.24, 2.45) is 0 Å². The van der Waals surface area contributed by atoms with E-state index in [0.717, 1.165) is 11.3 Å². The average Bonchev–Trinajstić information content (AvgIpc) is 3.09. The number of para-hydroxylation sites is 1. The fourth-order valence-corrected chi connectivity index (χ4v) is 3.23. The Morgan fingerprint density at radius 1 is 0.960 bits per heavy atom. The lowest BCUT2D eigenvalue weighted by Gasteiger charge is -2.35. The fourth-order valence-electron chi connectivity index (χ4n) is 2.81. The first kappa shape index (κ1) is 17.1. The molecule has 2 heterocycles. The van der Waals surface area contributed by atoms with Crippen molar-refractivity contribution in [3.05, 3.63) is 59.9 Å². The number of rotatable bonds is 4. The van der Waals surface area contributed by atoms with Gasteiger partial charge in [-0.05, 0) is 55.9 Å². The van der Waals surface area contributed by atoms with Crippen LogP contribution in [0.4, 0.5) is 0 Å². The third-order valence-electron chi connectivity index (χ3n) is 4.13. The summed E-state index contributed by atoms with van der Waals surface area (Å²) in [6, 6.07) is 11.7. The molecule has 0 bridgehead atoms. The van der Waals surface area contributed by atoms with Gasteiger partial charge in [-0.1, -0.05) is 18.2 Å². The van der Waals surface area contributed by atoms with E-state index in [-0.39, 0.29) is 22.5 Å². The number of benzene rings is 1. The van der Waals surface area contributed by atoms with Crippen molar-refractivity contribution < 1.29 is 9.59 Å². The second-order valence-electron chi connectivity index (χ2n) is 5.63. The lowest BCUT2D eigenvalue weighted by molar-refractivity contribution is -0.133. The van der Waals surface area contributed by atoms with Gasteiger partial charge in [0.05, 0.1) is 0 Å². The van der Waals surface area contributed by atoms with E-state index in [0.29, 0.717) is 13.1 Å². The van der Waals surface area contributed by atoms with Crippen LogP contribution >= 0.6 is 12.2 Å². The lowest BCUT2D eigenvalue weighted by Crippen LogP contribution is -2.55. The van der Waals surface area contributed by atoms with E-state index in [2.05, 4.69) is 0 Å². The highest BCUT2D eigenvalue weighted by molar-refractivity contribution is 7.80. The molecule has 2 aromatic rings. The van der Waals surface area contributed by atoms with E-state index in [1.165, 1.54) is 9.80 Å². The maximum atomic E-state index is 12.6. The molecule has 1 aromatic carbocycles. The molecule has 0 aliphatic carbocycles. The average molecular weight is 353 g/mol. The minimum absolute atomic E-state index is 0.142. The molecule has 0 radical (unpaired) electrons. The molecule has 0 N–H and O–H groups in total. The summed E-state index contributed by atoms with van der Waals surface area (Å²) in [6.45, 7) is 4.56. The molecule has 1 aliphatic heterocycles. The molecule has 0 saturated carbocycles. The molecular weight excluding hydrogens is 334 g/mol. The summed E-state index contributed by atoms with van der Waals surface area (Å²) in [4.78, 5) is 28.2. The largest absolute Gasteiger partial charge is 0.323 e. The van der Waals surface area contributed by atoms with E-state index < -0.39 is 0 Å². The number of nitrogens with zero attached hydrogens (tertiary/aromatic N) is 3. The maximum Gasteiger partial charge on any atom is 0.265 e. The van der Waals surface area contributed by atoms with Crippen LogP contribution in [0.5, 0.6) is 0 Å². The Balaban J connectivity index is 1.96. The number of likely N-dealkylation sites (N-methyl/N-ethyl adjacent to an activating group) is 2. The van der Waals surface area contributed by atoms with E-state index in [4.69, 9.17) is 12.2 Å². The van der Waals surface area contributed by atoms with Gasteiger partial charge in [-0.2, -0.15) is 0 Å². The summed E-state index contributed by atoms with van der Waals surface area (Å²) in [7, 11) is 0. The van der Waals surface area contributed by atoms with E-state index in [1.54, 1.807) is 6.08 Å². The lowest BCUT2D eigenvalue weighted by atomic mass is 10.1. The van der Waals surface area contributed by atoms with Gasteiger partial charge in [0.25, 0.3) is 11.8 Å². The van der Waals surface area contributed by atoms with Crippen LogP contribution in [0.15, 0.2) is 54.4 Å². The predicted molar refractivity (Wildman–Crippen MR) is 101 cm³/mol. The SMILES string of the molecule is CCN1C(=O)C(=Cc2ccn(-c3ccccc3)c2)C(=O)N(CC)C1=S. The zero-order valence-electron chi connectivity index (χ0n) is 14.2. The monoisotopic (exact) mass is 353 g/mol. The predicted octanol–water partition coefficient (Wildman–Crippen LogP) is 2.86. The number of hydrogen-bond donors (Lipinski definition) is 0. The van der Waals surface area contributed by atoms with Gasteiger partial charge in [0.2, 0.25) is 0 Å². The molecule has 1 aliphatic rings. The van der Waals surface area contributed by atoms with E-state index in [9.17, 15) is 9.59 Å². The van der Waals surface area contributed by atoms with Crippen LogP contribution in [0.25, 0.3) is 11.8 Å². The third kappa shape index (κ3) is 3.13. The Morgan fingerprint density at radius 2 is 1.56 bits per heavy atom. The smallest absolute Gasteiger partial charge is 0.265 e. The molecule has 1 fully saturated rings. The molecule has 1 saturated heterocycles. The minimum atomic E-state index is -0.338. The number of hydrogen-bond acceptors (Lipinski definition) is 3. The van der Waals surface area contributed by atoms with Crippen molar-refractivity contribution >= 4 is 35.2 Å². The first-order valence-electron chi connectivity index (χ1n) is 8.19. The third-order valence-corrected chi connectivity index (χ3v) is 4.57. The van der Waals surface area contributed by atoms with Crippen molar-refractivity contribution in [2.75, 3.05) is 13.1 Å². The first-order chi connectivity index (χ1) is 12.1. The summed E-state index contributed by atoms with van der Waals surface area (Å²) in [5.74, 6) is -0.677. The number of carbonyl (C=O) groups is 2. The van der Waals surface area contributed by atoms with Gasteiger partial charge in [-0.3, -0.25) is 19.4 Å². The van der Waals surface area contributed by atoms with E-state index in [1.807, 2.05) is 67.2 Å². The van der Waals surface area contributed by atoms with Crippen LogP contribution in [0.3, 0.4) is 0 Å².